The van der Waals surface area contributed by atoms with Crippen LogP contribution in [0.2, 0.25) is 0 Å². The molecular formula is C12H17N3O3. The average molecular weight is 251 g/mol. The lowest BCUT2D eigenvalue weighted by atomic mass is 10.1. The van der Waals surface area contributed by atoms with Gasteiger partial charge >= 0.3 is 0 Å². The minimum Gasteiger partial charge on any atom is -0.494 e. The van der Waals surface area contributed by atoms with Gasteiger partial charge in [0.1, 0.15) is 11.4 Å². The lowest BCUT2D eigenvalue weighted by molar-refractivity contribution is -0.384. The molecule has 98 valence electrons. The Kier molecular flexibility index (Phi) is 3.55. The van der Waals surface area contributed by atoms with Gasteiger partial charge in [0.25, 0.3) is 5.69 Å². The van der Waals surface area contributed by atoms with E-state index < -0.39 is 0 Å². The molecule has 1 aromatic rings. The third kappa shape index (κ3) is 2.32. The van der Waals surface area contributed by atoms with E-state index in [4.69, 9.17) is 10.5 Å². The lowest BCUT2D eigenvalue weighted by Crippen LogP contribution is -2.30. The molecule has 0 saturated carbocycles. The molecule has 1 saturated heterocycles. The number of benzene rings is 1. The first-order valence-electron chi connectivity index (χ1n) is 6.00. The summed E-state index contributed by atoms with van der Waals surface area (Å²) < 4.78 is 5.03. The fraction of sp³-hybridized carbons (Fsp3) is 0.500. The van der Waals surface area contributed by atoms with Crippen LogP contribution >= 0.6 is 0 Å². The minimum absolute atomic E-state index is 0.0583. The Morgan fingerprint density at radius 3 is 2.56 bits per heavy atom. The Bertz CT molecular complexity index is 456. The summed E-state index contributed by atoms with van der Waals surface area (Å²) in [5.74, 6) is 0.349. The van der Waals surface area contributed by atoms with Crippen LogP contribution in [0.5, 0.6) is 5.75 Å². The largest absolute Gasteiger partial charge is 0.494 e. The summed E-state index contributed by atoms with van der Waals surface area (Å²) in [7, 11) is 1.45. The number of nitro benzene ring substituents is 1. The van der Waals surface area contributed by atoms with E-state index in [-0.39, 0.29) is 10.6 Å². The number of anilines is 2. The molecule has 0 aliphatic carbocycles. The van der Waals surface area contributed by atoms with Crippen molar-refractivity contribution in [2.75, 3.05) is 30.8 Å². The van der Waals surface area contributed by atoms with Crippen molar-refractivity contribution in [3.05, 3.63) is 22.2 Å². The molecule has 0 amide bonds. The monoisotopic (exact) mass is 251 g/mol. The number of nitro groups is 1. The van der Waals surface area contributed by atoms with Crippen LogP contribution in [0.25, 0.3) is 0 Å². The summed E-state index contributed by atoms with van der Waals surface area (Å²) in [5.41, 5.74) is 6.92. The molecule has 18 heavy (non-hydrogen) atoms. The van der Waals surface area contributed by atoms with Crippen LogP contribution < -0.4 is 15.4 Å². The maximum Gasteiger partial charge on any atom is 0.296 e. The fourth-order valence-corrected chi connectivity index (χ4v) is 2.28. The van der Waals surface area contributed by atoms with Crippen LogP contribution in [0, 0.1) is 10.1 Å². The Morgan fingerprint density at radius 1 is 1.33 bits per heavy atom. The Balaban J connectivity index is 2.43. The van der Waals surface area contributed by atoms with Crippen molar-refractivity contribution < 1.29 is 9.66 Å². The summed E-state index contributed by atoms with van der Waals surface area (Å²) in [4.78, 5) is 12.8. The van der Waals surface area contributed by atoms with Gasteiger partial charge in [0.15, 0.2) is 0 Å². The summed E-state index contributed by atoms with van der Waals surface area (Å²) >= 11 is 0. The smallest absolute Gasteiger partial charge is 0.296 e. The van der Waals surface area contributed by atoms with Gasteiger partial charge in [-0.05, 0) is 25.3 Å². The molecule has 1 aromatic carbocycles. The molecule has 0 aromatic heterocycles. The SMILES string of the molecule is COc1cc([N+](=O)[O-])c(N2CCCCC2)cc1N. The molecule has 6 heteroatoms. The number of nitrogen functional groups attached to an aromatic ring is 1. The van der Waals surface area contributed by atoms with Gasteiger partial charge in [0, 0.05) is 13.1 Å². The Hall–Kier alpha value is -1.98. The van der Waals surface area contributed by atoms with Gasteiger partial charge in [-0.1, -0.05) is 0 Å². The number of hydrogen-bond donors (Lipinski definition) is 1. The number of methoxy groups -OCH3 is 1. The predicted octanol–water partition coefficient (Wildman–Crippen LogP) is 2.18. The topological polar surface area (TPSA) is 81.6 Å². The van der Waals surface area contributed by atoms with Gasteiger partial charge in [-0.3, -0.25) is 10.1 Å². The number of hydrogen-bond acceptors (Lipinski definition) is 5. The number of ether oxygens (including phenoxy) is 1. The quantitative estimate of drug-likeness (QED) is 0.506. The van der Waals surface area contributed by atoms with Gasteiger partial charge in [0.05, 0.1) is 23.8 Å². The highest BCUT2D eigenvalue weighted by molar-refractivity contribution is 5.73. The zero-order chi connectivity index (χ0) is 13.1. The van der Waals surface area contributed by atoms with E-state index in [0.29, 0.717) is 17.1 Å². The van der Waals surface area contributed by atoms with Crippen molar-refractivity contribution in [1.29, 1.82) is 0 Å². The second-order valence-corrected chi connectivity index (χ2v) is 4.39. The Labute approximate surface area is 105 Å². The summed E-state index contributed by atoms with van der Waals surface area (Å²) in [5, 5.41) is 11.1. The van der Waals surface area contributed by atoms with E-state index in [1.54, 1.807) is 6.07 Å². The maximum atomic E-state index is 11.1. The van der Waals surface area contributed by atoms with Crippen LogP contribution in [-0.4, -0.2) is 25.1 Å². The molecule has 0 spiro atoms. The molecule has 0 unspecified atom stereocenters. The predicted molar refractivity (Wildman–Crippen MR) is 70.1 cm³/mol. The van der Waals surface area contributed by atoms with Crippen molar-refractivity contribution in [1.82, 2.24) is 0 Å². The van der Waals surface area contributed by atoms with Crippen molar-refractivity contribution in [2.45, 2.75) is 19.3 Å². The van der Waals surface area contributed by atoms with E-state index in [1.807, 2.05) is 4.90 Å². The zero-order valence-electron chi connectivity index (χ0n) is 10.4. The van der Waals surface area contributed by atoms with Crippen LogP contribution in [0.4, 0.5) is 17.1 Å². The van der Waals surface area contributed by atoms with Gasteiger partial charge in [-0.15, -0.1) is 0 Å². The van der Waals surface area contributed by atoms with Gasteiger partial charge < -0.3 is 15.4 Å². The number of piperidine rings is 1. The van der Waals surface area contributed by atoms with Crippen LogP contribution in [-0.2, 0) is 0 Å². The van der Waals surface area contributed by atoms with Crippen LogP contribution in [0.3, 0.4) is 0 Å². The third-order valence-corrected chi connectivity index (χ3v) is 3.22. The van der Waals surface area contributed by atoms with E-state index in [9.17, 15) is 10.1 Å². The summed E-state index contributed by atoms with van der Waals surface area (Å²) in [6.45, 7) is 1.68. The molecule has 0 radical (unpaired) electrons. The van der Waals surface area contributed by atoms with Crippen LogP contribution in [0.15, 0.2) is 12.1 Å². The molecule has 0 bridgehead atoms. The second-order valence-electron chi connectivity index (χ2n) is 4.39. The highest BCUT2D eigenvalue weighted by atomic mass is 16.6. The fourth-order valence-electron chi connectivity index (χ4n) is 2.28. The maximum absolute atomic E-state index is 11.1. The summed E-state index contributed by atoms with van der Waals surface area (Å²) in [6.07, 6.45) is 3.29. The standard InChI is InChI=1S/C12H17N3O3/c1-18-12-8-11(15(16)17)10(7-9(12)13)14-5-3-2-4-6-14/h7-8H,2-6,13H2,1H3. The number of nitrogens with zero attached hydrogens (tertiary/aromatic N) is 2. The van der Waals surface area contributed by atoms with E-state index in [0.717, 1.165) is 25.9 Å². The van der Waals surface area contributed by atoms with Crippen molar-refractivity contribution in [3.8, 4) is 5.75 Å². The minimum atomic E-state index is -0.383. The first-order valence-corrected chi connectivity index (χ1v) is 6.00. The molecule has 0 atom stereocenters. The van der Waals surface area contributed by atoms with Crippen molar-refractivity contribution in [2.24, 2.45) is 0 Å². The molecule has 2 N–H and O–H groups in total. The molecule has 1 aliphatic heterocycles. The first kappa shape index (κ1) is 12.5. The normalized spacial score (nSPS) is 15.5. The molecular weight excluding hydrogens is 234 g/mol. The average Bonchev–Trinajstić information content (AvgIpc) is 2.39. The van der Waals surface area contributed by atoms with Crippen molar-refractivity contribution >= 4 is 17.1 Å². The van der Waals surface area contributed by atoms with Crippen LogP contribution in [0.1, 0.15) is 19.3 Å². The lowest BCUT2D eigenvalue weighted by Gasteiger charge is -2.28. The Morgan fingerprint density at radius 2 is 2.00 bits per heavy atom. The molecule has 1 fully saturated rings. The molecule has 6 nitrogen and oxygen atoms in total. The second kappa shape index (κ2) is 5.12. The third-order valence-electron chi connectivity index (χ3n) is 3.22. The molecule has 1 heterocycles. The molecule has 2 rings (SSSR count). The van der Waals surface area contributed by atoms with E-state index in [2.05, 4.69) is 0 Å². The highest BCUT2D eigenvalue weighted by Crippen LogP contribution is 2.37. The van der Waals surface area contributed by atoms with Crippen molar-refractivity contribution in [3.63, 3.8) is 0 Å². The summed E-state index contributed by atoms with van der Waals surface area (Å²) in [6, 6.07) is 3.04. The number of nitrogens with two attached hydrogens (primary N) is 1. The molecule has 1 aliphatic rings. The van der Waals surface area contributed by atoms with E-state index >= 15 is 0 Å². The van der Waals surface area contributed by atoms with Gasteiger partial charge in [-0.25, -0.2) is 0 Å². The van der Waals surface area contributed by atoms with Gasteiger partial charge in [0.2, 0.25) is 0 Å². The first-order chi connectivity index (χ1) is 8.63. The van der Waals surface area contributed by atoms with E-state index in [1.165, 1.54) is 19.6 Å². The number of rotatable bonds is 3. The zero-order valence-corrected chi connectivity index (χ0v) is 10.4. The highest BCUT2D eigenvalue weighted by Gasteiger charge is 2.23. The van der Waals surface area contributed by atoms with Gasteiger partial charge in [-0.2, -0.15) is 0 Å².